The van der Waals surface area contributed by atoms with Crippen LogP contribution in [-0.2, 0) is 4.79 Å². The maximum Gasteiger partial charge on any atom is 0.335 e. The van der Waals surface area contributed by atoms with Crippen LogP contribution in [-0.4, -0.2) is 25.8 Å². The summed E-state index contributed by atoms with van der Waals surface area (Å²) in [6, 6.07) is 11.4. The van der Waals surface area contributed by atoms with E-state index < -0.39 is 5.97 Å². The Morgan fingerprint density at radius 1 is 0.923 bits per heavy atom. The summed E-state index contributed by atoms with van der Waals surface area (Å²) in [7, 11) is 0. The summed E-state index contributed by atoms with van der Waals surface area (Å²) >= 11 is 0. The lowest BCUT2D eigenvalue weighted by Gasteiger charge is -2.21. The van der Waals surface area contributed by atoms with Crippen molar-refractivity contribution in [3.8, 4) is 34.1 Å². The molecule has 0 aromatic heterocycles. The Balaban J connectivity index is 2.76. The smallest absolute Gasteiger partial charge is 0.335 e. The van der Waals surface area contributed by atoms with E-state index in [9.17, 15) is 4.79 Å². The molecule has 0 heterocycles. The van der Waals surface area contributed by atoms with Gasteiger partial charge in [-0.15, -0.1) is 0 Å². The molecular weight excluding hydrogens is 332 g/mol. The predicted molar refractivity (Wildman–Crippen MR) is 101 cm³/mol. The van der Waals surface area contributed by atoms with Gasteiger partial charge in [-0.1, -0.05) is 36.9 Å². The predicted octanol–water partition coefficient (Wildman–Crippen LogP) is 4.64. The average molecular weight is 356 g/mol. The number of ether oxygens (including phenoxy) is 4. The van der Waals surface area contributed by atoms with E-state index in [1.807, 2.05) is 51.1 Å². The molecule has 0 amide bonds. The highest BCUT2D eigenvalue weighted by Crippen LogP contribution is 2.50. The van der Waals surface area contributed by atoms with Crippen molar-refractivity contribution in [1.29, 1.82) is 0 Å². The average Bonchev–Trinajstić information content (AvgIpc) is 2.65. The van der Waals surface area contributed by atoms with Crippen molar-refractivity contribution in [1.82, 2.24) is 0 Å². The van der Waals surface area contributed by atoms with Gasteiger partial charge in [0.05, 0.1) is 25.4 Å². The molecule has 0 unspecified atom stereocenters. The van der Waals surface area contributed by atoms with Gasteiger partial charge in [0.15, 0.2) is 11.5 Å². The Bertz CT molecular complexity index is 753. The second-order valence-corrected chi connectivity index (χ2v) is 5.20. The fourth-order valence-electron chi connectivity index (χ4n) is 2.53. The summed E-state index contributed by atoms with van der Waals surface area (Å²) in [5.74, 6) is 1.06. The van der Waals surface area contributed by atoms with Crippen LogP contribution in [0.4, 0.5) is 0 Å². The van der Waals surface area contributed by atoms with Crippen molar-refractivity contribution in [2.75, 3.05) is 19.8 Å². The molecule has 0 atom stereocenters. The third-order valence-corrected chi connectivity index (χ3v) is 3.48. The van der Waals surface area contributed by atoms with Crippen molar-refractivity contribution in [3.63, 3.8) is 0 Å². The standard InChI is InChI=1S/C21H24O5/c1-5-18(22)26-17-14-16(23-6-2)19(15-12-10-9-11-13-15)21(25-8-4)20(17)24-7-3/h5,9-14H,1,6-8H2,2-4H3. The maximum atomic E-state index is 11.8. The fourth-order valence-corrected chi connectivity index (χ4v) is 2.53. The molecule has 0 fully saturated rings. The lowest BCUT2D eigenvalue weighted by molar-refractivity contribution is -0.129. The van der Waals surface area contributed by atoms with Crippen molar-refractivity contribution >= 4 is 5.97 Å². The van der Waals surface area contributed by atoms with Gasteiger partial charge in [-0.3, -0.25) is 0 Å². The molecule has 0 aliphatic rings. The second-order valence-electron chi connectivity index (χ2n) is 5.20. The molecule has 0 spiro atoms. The molecular formula is C21H24O5. The van der Waals surface area contributed by atoms with E-state index >= 15 is 0 Å². The van der Waals surface area contributed by atoms with Gasteiger partial charge in [0.2, 0.25) is 5.75 Å². The van der Waals surface area contributed by atoms with Gasteiger partial charge in [0.1, 0.15) is 5.75 Å². The number of hydrogen-bond acceptors (Lipinski definition) is 5. The molecule has 5 nitrogen and oxygen atoms in total. The van der Waals surface area contributed by atoms with Crippen LogP contribution in [0.3, 0.4) is 0 Å². The van der Waals surface area contributed by atoms with Gasteiger partial charge >= 0.3 is 5.97 Å². The zero-order chi connectivity index (χ0) is 18.9. The van der Waals surface area contributed by atoms with Crippen molar-refractivity contribution in [3.05, 3.63) is 49.1 Å². The number of esters is 1. The maximum absolute atomic E-state index is 11.8. The second kappa shape index (κ2) is 9.51. The van der Waals surface area contributed by atoms with Crippen LogP contribution >= 0.6 is 0 Å². The Hall–Kier alpha value is -2.95. The van der Waals surface area contributed by atoms with Crippen LogP contribution in [0.5, 0.6) is 23.0 Å². The first-order valence-electron chi connectivity index (χ1n) is 8.65. The lowest BCUT2D eigenvalue weighted by Crippen LogP contribution is -2.09. The van der Waals surface area contributed by atoms with E-state index in [1.54, 1.807) is 6.07 Å². The number of hydrogen-bond donors (Lipinski definition) is 0. The van der Waals surface area contributed by atoms with Crippen LogP contribution in [0.2, 0.25) is 0 Å². The van der Waals surface area contributed by atoms with Gasteiger partial charge in [-0.25, -0.2) is 4.79 Å². The molecule has 0 bridgehead atoms. The van der Waals surface area contributed by atoms with Crippen molar-refractivity contribution in [2.24, 2.45) is 0 Å². The first-order chi connectivity index (χ1) is 12.7. The van der Waals surface area contributed by atoms with Crippen LogP contribution in [0, 0.1) is 0 Å². The lowest BCUT2D eigenvalue weighted by atomic mass is 10.0. The van der Waals surface area contributed by atoms with Gasteiger partial charge in [0.25, 0.3) is 0 Å². The minimum absolute atomic E-state index is 0.239. The molecule has 5 heteroatoms. The molecule has 2 aromatic rings. The molecule has 2 rings (SSSR count). The SMILES string of the molecule is C=CC(=O)Oc1cc(OCC)c(-c2ccccc2)c(OCC)c1OCC. The van der Waals surface area contributed by atoms with Crippen LogP contribution in [0.1, 0.15) is 20.8 Å². The summed E-state index contributed by atoms with van der Waals surface area (Å²) in [5, 5.41) is 0. The summed E-state index contributed by atoms with van der Waals surface area (Å²) in [4.78, 5) is 11.8. The molecule has 0 N–H and O–H groups in total. The molecule has 2 aromatic carbocycles. The van der Waals surface area contributed by atoms with Gasteiger partial charge < -0.3 is 18.9 Å². The molecule has 138 valence electrons. The topological polar surface area (TPSA) is 54.0 Å². The zero-order valence-electron chi connectivity index (χ0n) is 15.4. The minimum atomic E-state index is -0.580. The van der Waals surface area contributed by atoms with E-state index in [0.717, 1.165) is 17.2 Å². The quantitative estimate of drug-likeness (QED) is 0.372. The van der Waals surface area contributed by atoms with Crippen LogP contribution < -0.4 is 18.9 Å². The monoisotopic (exact) mass is 356 g/mol. The highest BCUT2D eigenvalue weighted by atomic mass is 16.6. The molecule has 0 saturated heterocycles. The van der Waals surface area contributed by atoms with E-state index in [-0.39, 0.29) is 5.75 Å². The highest BCUT2D eigenvalue weighted by molar-refractivity contribution is 5.87. The summed E-state index contributed by atoms with van der Waals surface area (Å²) in [6.45, 7) is 10.3. The Kier molecular flexibility index (Phi) is 7.09. The molecule has 0 aliphatic heterocycles. The van der Waals surface area contributed by atoms with E-state index in [2.05, 4.69) is 6.58 Å². The molecule has 0 aliphatic carbocycles. The van der Waals surface area contributed by atoms with E-state index in [1.165, 1.54) is 0 Å². The van der Waals surface area contributed by atoms with Gasteiger partial charge in [-0.05, 0) is 26.3 Å². The third-order valence-electron chi connectivity index (χ3n) is 3.48. The highest BCUT2D eigenvalue weighted by Gasteiger charge is 2.25. The normalized spacial score (nSPS) is 10.1. The van der Waals surface area contributed by atoms with Crippen molar-refractivity contribution < 1.29 is 23.7 Å². The van der Waals surface area contributed by atoms with Crippen LogP contribution in [0.25, 0.3) is 11.1 Å². The number of rotatable bonds is 9. The number of carbonyl (C=O) groups is 1. The van der Waals surface area contributed by atoms with Gasteiger partial charge in [0, 0.05) is 12.1 Å². The number of benzene rings is 2. The summed E-state index contributed by atoms with van der Waals surface area (Å²) in [6.07, 6.45) is 1.10. The summed E-state index contributed by atoms with van der Waals surface area (Å²) in [5.41, 5.74) is 1.68. The van der Waals surface area contributed by atoms with Crippen molar-refractivity contribution in [2.45, 2.75) is 20.8 Å². The molecule has 26 heavy (non-hydrogen) atoms. The van der Waals surface area contributed by atoms with Gasteiger partial charge in [-0.2, -0.15) is 0 Å². The van der Waals surface area contributed by atoms with Crippen LogP contribution in [0.15, 0.2) is 49.1 Å². The number of carbonyl (C=O) groups excluding carboxylic acids is 1. The zero-order valence-corrected chi connectivity index (χ0v) is 15.4. The Morgan fingerprint density at radius 2 is 1.54 bits per heavy atom. The summed E-state index contributed by atoms with van der Waals surface area (Å²) < 4.78 is 22.9. The molecule has 0 saturated carbocycles. The fraction of sp³-hybridized carbons (Fsp3) is 0.286. The van der Waals surface area contributed by atoms with E-state index in [0.29, 0.717) is 37.1 Å². The third kappa shape index (κ3) is 4.36. The largest absolute Gasteiger partial charge is 0.493 e. The Labute approximate surface area is 154 Å². The first-order valence-corrected chi connectivity index (χ1v) is 8.65. The van der Waals surface area contributed by atoms with E-state index in [4.69, 9.17) is 18.9 Å². The Morgan fingerprint density at radius 3 is 2.12 bits per heavy atom. The molecule has 0 radical (unpaired) electrons. The minimum Gasteiger partial charge on any atom is -0.493 e. The first kappa shape index (κ1) is 19.4.